The molecular formula is C26H30N4O4S. The summed E-state index contributed by atoms with van der Waals surface area (Å²) in [5.41, 5.74) is 3.58. The molecule has 0 N–H and O–H groups in total. The van der Waals surface area contributed by atoms with Gasteiger partial charge in [-0.15, -0.1) is 11.3 Å². The maximum atomic E-state index is 13.5. The second kappa shape index (κ2) is 10.4. The molecule has 4 rings (SSSR count). The molecule has 0 amide bonds. The second-order valence-electron chi connectivity index (χ2n) is 8.17. The number of nitrogens with zero attached hydrogens (tertiary/aromatic N) is 4. The molecule has 1 unspecified atom stereocenters. The first-order valence-electron chi connectivity index (χ1n) is 11.2. The molecule has 9 heteroatoms. The maximum Gasteiger partial charge on any atom is 0.297 e. The summed E-state index contributed by atoms with van der Waals surface area (Å²) in [7, 11) is 6.82. The Hall–Kier alpha value is -3.56. The van der Waals surface area contributed by atoms with Crippen LogP contribution in [-0.2, 0) is 11.8 Å². The molecular weight excluding hydrogens is 464 g/mol. The number of ether oxygens (including phenoxy) is 3. The quantitative estimate of drug-likeness (QED) is 0.362. The van der Waals surface area contributed by atoms with E-state index in [2.05, 4.69) is 11.5 Å². The van der Waals surface area contributed by atoms with E-state index in [0.29, 0.717) is 17.1 Å². The summed E-state index contributed by atoms with van der Waals surface area (Å²) in [5, 5.41) is 2.02. The van der Waals surface area contributed by atoms with Crippen molar-refractivity contribution in [3.8, 4) is 28.4 Å². The monoisotopic (exact) mass is 494 g/mol. The van der Waals surface area contributed by atoms with Gasteiger partial charge in [-0.25, -0.2) is 9.67 Å². The maximum absolute atomic E-state index is 13.5. The van der Waals surface area contributed by atoms with Gasteiger partial charge in [-0.05, 0) is 44.2 Å². The zero-order chi connectivity index (χ0) is 25.1. The Labute approximate surface area is 208 Å². The van der Waals surface area contributed by atoms with E-state index < -0.39 is 0 Å². The first-order valence-corrected chi connectivity index (χ1v) is 12.1. The van der Waals surface area contributed by atoms with Crippen LogP contribution in [0.5, 0.6) is 11.5 Å². The number of hydrogen-bond acceptors (Lipinski definition) is 6. The van der Waals surface area contributed by atoms with Crippen molar-refractivity contribution in [1.29, 1.82) is 0 Å². The Balaban J connectivity index is 1.96. The fraction of sp³-hybridized carbons (Fsp3) is 0.308. The summed E-state index contributed by atoms with van der Waals surface area (Å²) in [5.74, 6) is 1.44. The second-order valence-corrected chi connectivity index (χ2v) is 9.00. The van der Waals surface area contributed by atoms with E-state index in [9.17, 15) is 4.79 Å². The summed E-state index contributed by atoms with van der Waals surface area (Å²) < 4.78 is 22.1. The fourth-order valence-corrected chi connectivity index (χ4v) is 5.13. The Morgan fingerprint density at radius 2 is 1.80 bits per heavy atom. The lowest BCUT2D eigenvalue weighted by atomic mass is 10.1. The average molecular weight is 495 g/mol. The molecule has 0 radical (unpaired) electrons. The molecule has 0 bridgehead atoms. The van der Waals surface area contributed by atoms with E-state index in [1.165, 1.54) is 11.3 Å². The lowest BCUT2D eigenvalue weighted by Gasteiger charge is -2.18. The van der Waals surface area contributed by atoms with Crippen molar-refractivity contribution < 1.29 is 14.2 Å². The van der Waals surface area contributed by atoms with E-state index >= 15 is 0 Å². The zero-order valence-electron chi connectivity index (χ0n) is 20.8. The molecule has 2 aromatic heterocycles. The van der Waals surface area contributed by atoms with E-state index in [0.717, 1.165) is 34.1 Å². The smallest absolute Gasteiger partial charge is 0.297 e. The van der Waals surface area contributed by atoms with Crippen molar-refractivity contribution in [3.63, 3.8) is 0 Å². The van der Waals surface area contributed by atoms with Gasteiger partial charge in [0.25, 0.3) is 5.56 Å². The van der Waals surface area contributed by atoms with Crippen LogP contribution in [0.4, 0.5) is 5.69 Å². The predicted molar refractivity (Wildman–Crippen MR) is 138 cm³/mol. The number of rotatable bonds is 8. The third-order valence-electron chi connectivity index (χ3n) is 6.00. The van der Waals surface area contributed by atoms with Gasteiger partial charge in [-0.1, -0.05) is 18.2 Å². The lowest BCUT2D eigenvalue weighted by Crippen LogP contribution is -2.24. The molecule has 0 fully saturated rings. The van der Waals surface area contributed by atoms with Gasteiger partial charge < -0.3 is 18.8 Å². The molecule has 2 aromatic carbocycles. The molecule has 0 aliphatic carbocycles. The number of para-hydroxylation sites is 1. The van der Waals surface area contributed by atoms with E-state index in [-0.39, 0.29) is 11.6 Å². The molecule has 35 heavy (non-hydrogen) atoms. The molecule has 1 atom stereocenters. The summed E-state index contributed by atoms with van der Waals surface area (Å²) in [4.78, 5) is 19.1. The summed E-state index contributed by atoms with van der Waals surface area (Å²) in [6.45, 7) is 4.44. The average Bonchev–Trinajstić information content (AvgIpc) is 3.38. The highest BCUT2D eigenvalue weighted by atomic mass is 32.1. The van der Waals surface area contributed by atoms with E-state index in [4.69, 9.17) is 19.2 Å². The lowest BCUT2D eigenvalue weighted by molar-refractivity contribution is 0.162. The highest BCUT2D eigenvalue weighted by molar-refractivity contribution is 7.07. The largest absolute Gasteiger partial charge is 0.497 e. The van der Waals surface area contributed by atoms with Crippen LogP contribution in [0, 0.1) is 6.92 Å². The van der Waals surface area contributed by atoms with E-state index in [1.54, 1.807) is 26.0 Å². The summed E-state index contributed by atoms with van der Waals surface area (Å²) in [6, 6.07) is 15.2. The Kier molecular flexibility index (Phi) is 7.28. The van der Waals surface area contributed by atoms with Crippen molar-refractivity contribution in [2.75, 3.05) is 27.9 Å². The van der Waals surface area contributed by atoms with Crippen molar-refractivity contribution in [2.24, 2.45) is 12.0 Å². The van der Waals surface area contributed by atoms with Gasteiger partial charge in [0.1, 0.15) is 11.5 Å². The Morgan fingerprint density at radius 1 is 1.06 bits per heavy atom. The van der Waals surface area contributed by atoms with Crippen LogP contribution in [0.15, 0.2) is 63.7 Å². The van der Waals surface area contributed by atoms with Gasteiger partial charge >= 0.3 is 0 Å². The highest BCUT2D eigenvalue weighted by Gasteiger charge is 2.20. The first-order chi connectivity index (χ1) is 16.9. The fourth-order valence-electron chi connectivity index (χ4n) is 4.13. The van der Waals surface area contributed by atoms with Crippen LogP contribution in [-0.4, -0.2) is 41.9 Å². The summed E-state index contributed by atoms with van der Waals surface area (Å²) >= 11 is 1.47. The number of thiazole rings is 1. The van der Waals surface area contributed by atoms with Gasteiger partial charge in [-0.3, -0.25) is 9.48 Å². The van der Waals surface area contributed by atoms with Gasteiger partial charge in [0.05, 0.1) is 43.9 Å². The molecule has 0 aliphatic heterocycles. The number of methoxy groups -OCH3 is 3. The minimum absolute atomic E-state index is 0.0451. The molecule has 0 aliphatic rings. The van der Waals surface area contributed by atoms with Gasteiger partial charge in [0.2, 0.25) is 0 Å². The molecule has 4 aromatic rings. The topological polar surface area (TPSA) is 71.9 Å². The molecule has 0 saturated heterocycles. The van der Waals surface area contributed by atoms with Crippen LogP contribution in [0.3, 0.4) is 0 Å². The third-order valence-corrected chi connectivity index (χ3v) is 6.84. The zero-order valence-corrected chi connectivity index (χ0v) is 21.6. The molecule has 0 saturated carbocycles. The molecule has 8 nitrogen and oxygen atoms in total. The third kappa shape index (κ3) is 4.56. The standard InChI is InChI=1S/C26H30N4O4S/c1-17(15-32-4)29-22(21-14-20(33-5)12-13-23(21)34-6)16-35-26(29)27-24-18(2)28(3)30(25(24)31)19-10-8-7-9-11-19/h7-14,16-17H,15H2,1-6H3. The Bertz CT molecular complexity index is 1450. The molecule has 184 valence electrons. The number of hydrogen-bond donors (Lipinski definition) is 0. The van der Waals surface area contributed by atoms with Crippen LogP contribution < -0.4 is 19.8 Å². The predicted octanol–water partition coefficient (Wildman–Crippen LogP) is 4.47. The van der Waals surface area contributed by atoms with Crippen molar-refractivity contribution in [1.82, 2.24) is 13.9 Å². The van der Waals surface area contributed by atoms with Crippen LogP contribution in [0.25, 0.3) is 16.9 Å². The number of aromatic nitrogens is 3. The van der Waals surface area contributed by atoms with Crippen LogP contribution >= 0.6 is 11.3 Å². The normalized spacial score (nSPS) is 12.7. The van der Waals surface area contributed by atoms with Gasteiger partial charge in [0, 0.05) is 25.1 Å². The van der Waals surface area contributed by atoms with Crippen LogP contribution in [0.2, 0.25) is 0 Å². The summed E-state index contributed by atoms with van der Waals surface area (Å²) in [6.07, 6.45) is 0. The van der Waals surface area contributed by atoms with Crippen molar-refractivity contribution in [2.45, 2.75) is 19.9 Å². The van der Waals surface area contributed by atoms with E-state index in [1.807, 2.05) is 72.6 Å². The first kappa shape index (κ1) is 24.6. The minimum Gasteiger partial charge on any atom is -0.497 e. The van der Waals surface area contributed by atoms with Crippen LogP contribution in [0.1, 0.15) is 18.7 Å². The SMILES string of the molecule is COCC(C)n1c(-c2cc(OC)ccc2OC)csc1=Nc1c(C)n(C)n(-c2ccccc2)c1=O. The van der Waals surface area contributed by atoms with Gasteiger partial charge in [-0.2, -0.15) is 0 Å². The number of benzene rings is 2. The molecule has 2 heterocycles. The van der Waals surface area contributed by atoms with Crippen molar-refractivity contribution in [3.05, 3.63) is 74.8 Å². The molecule has 0 spiro atoms. The van der Waals surface area contributed by atoms with Gasteiger partial charge in [0.15, 0.2) is 10.5 Å². The highest BCUT2D eigenvalue weighted by Crippen LogP contribution is 2.35. The minimum atomic E-state index is -0.170. The Morgan fingerprint density at radius 3 is 2.46 bits per heavy atom. The van der Waals surface area contributed by atoms with Crippen molar-refractivity contribution >= 4 is 17.0 Å².